The predicted octanol–water partition coefficient (Wildman–Crippen LogP) is 0.214. The quantitative estimate of drug-likeness (QED) is 0.671. The minimum atomic E-state index is -0.377. The summed E-state index contributed by atoms with van der Waals surface area (Å²) < 4.78 is 0. The van der Waals surface area contributed by atoms with Crippen molar-refractivity contribution < 1.29 is 9.90 Å². The van der Waals surface area contributed by atoms with Crippen LogP contribution in [0.2, 0.25) is 0 Å². The Balaban J connectivity index is 2.39. The van der Waals surface area contributed by atoms with Crippen molar-refractivity contribution in [3.63, 3.8) is 0 Å². The first kappa shape index (κ1) is 10.9. The first-order valence-electron chi connectivity index (χ1n) is 4.24. The second-order valence-corrected chi connectivity index (χ2v) is 3.52. The summed E-state index contributed by atoms with van der Waals surface area (Å²) in [7, 11) is 0. The van der Waals surface area contributed by atoms with Gasteiger partial charge in [-0.2, -0.15) is 0 Å². The molecule has 0 saturated heterocycles. The zero-order valence-electron chi connectivity index (χ0n) is 7.78. The summed E-state index contributed by atoms with van der Waals surface area (Å²) in [6, 6.07) is -0.377. The fourth-order valence-corrected chi connectivity index (χ4v) is 1.43. The number of urea groups is 1. The van der Waals surface area contributed by atoms with Crippen molar-refractivity contribution in [1.29, 1.82) is 0 Å². The smallest absolute Gasteiger partial charge is 0.321 e. The van der Waals surface area contributed by atoms with E-state index in [9.17, 15) is 4.79 Å². The van der Waals surface area contributed by atoms with Crippen LogP contribution in [0, 0.1) is 0 Å². The lowest BCUT2D eigenvalue weighted by atomic mass is 10.5. The largest absolute Gasteiger partial charge is 0.395 e. The van der Waals surface area contributed by atoms with Gasteiger partial charge in [-0.05, 0) is 6.42 Å². The SMILES string of the molecule is CCc1nnc(NC(=O)NCCO)s1. The highest BCUT2D eigenvalue weighted by Gasteiger charge is 2.05. The molecule has 2 amide bonds. The van der Waals surface area contributed by atoms with Crippen LogP contribution in [0.15, 0.2) is 0 Å². The summed E-state index contributed by atoms with van der Waals surface area (Å²) in [5.41, 5.74) is 0. The number of aryl methyl sites for hydroxylation is 1. The van der Waals surface area contributed by atoms with Crippen LogP contribution in [0.4, 0.5) is 9.93 Å². The number of carbonyl (C=O) groups is 1. The number of rotatable bonds is 4. The molecule has 0 atom stereocenters. The van der Waals surface area contributed by atoms with E-state index in [4.69, 9.17) is 5.11 Å². The molecule has 0 radical (unpaired) electrons. The molecule has 0 aliphatic heterocycles. The van der Waals surface area contributed by atoms with Gasteiger partial charge in [-0.3, -0.25) is 5.32 Å². The Bertz CT molecular complexity index is 302. The van der Waals surface area contributed by atoms with Gasteiger partial charge < -0.3 is 10.4 Å². The minimum Gasteiger partial charge on any atom is -0.395 e. The molecule has 1 rings (SSSR count). The van der Waals surface area contributed by atoms with Crippen molar-refractivity contribution in [1.82, 2.24) is 15.5 Å². The average molecular weight is 216 g/mol. The molecule has 0 saturated carbocycles. The van der Waals surface area contributed by atoms with Crippen LogP contribution in [-0.4, -0.2) is 34.5 Å². The number of nitrogens with zero attached hydrogens (tertiary/aromatic N) is 2. The number of hydrogen-bond acceptors (Lipinski definition) is 5. The number of aromatic nitrogens is 2. The third-order valence-corrected chi connectivity index (χ3v) is 2.37. The number of anilines is 1. The normalized spacial score (nSPS) is 9.86. The van der Waals surface area contributed by atoms with Crippen molar-refractivity contribution >= 4 is 22.5 Å². The zero-order chi connectivity index (χ0) is 10.4. The molecule has 78 valence electrons. The lowest BCUT2D eigenvalue weighted by molar-refractivity contribution is 0.245. The number of hydrogen-bond donors (Lipinski definition) is 3. The number of aliphatic hydroxyl groups is 1. The number of amides is 2. The fourth-order valence-electron chi connectivity index (χ4n) is 0.758. The second-order valence-electron chi connectivity index (χ2n) is 2.46. The van der Waals surface area contributed by atoms with Gasteiger partial charge in [-0.25, -0.2) is 4.79 Å². The first-order valence-corrected chi connectivity index (χ1v) is 5.06. The Morgan fingerprint density at radius 2 is 2.36 bits per heavy atom. The van der Waals surface area contributed by atoms with Crippen LogP contribution in [-0.2, 0) is 6.42 Å². The first-order chi connectivity index (χ1) is 6.76. The molecular formula is C7H12N4O2S. The van der Waals surface area contributed by atoms with Crippen LogP contribution in [0.1, 0.15) is 11.9 Å². The van der Waals surface area contributed by atoms with Crippen molar-refractivity contribution in [2.24, 2.45) is 0 Å². The van der Waals surface area contributed by atoms with E-state index in [0.717, 1.165) is 11.4 Å². The van der Waals surface area contributed by atoms with E-state index >= 15 is 0 Å². The maximum atomic E-state index is 11.1. The second kappa shape index (κ2) is 5.51. The molecule has 0 aliphatic rings. The van der Waals surface area contributed by atoms with Crippen LogP contribution < -0.4 is 10.6 Å². The maximum absolute atomic E-state index is 11.1. The molecule has 0 spiro atoms. The third-order valence-electron chi connectivity index (χ3n) is 1.39. The summed E-state index contributed by atoms with van der Waals surface area (Å²) in [6.07, 6.45) is 0.803. The molecule has 7 heteroatoms. The Morgan fingerprint density at radius 1 is 1.57 bits per heavy atom. The van der Waals surface area contributed by atoms with E-state index in [2.05, 4.69) is 20.8 Å². The van der Waals surface area contributed by atoms with E-state index in [1.165, 1.54) is 11.3 Å². The Hall–Kier alpha value is -1.21. The topological polar surface area (TPSA) is 87.1 Å². The van der Waals surface area contributed by atoms with Crippen molar-refractivity contribution in [3.8, 4) is 0 Å². The van der Waals surface area contributed by atoms with Gasteiger partial charge in [0.1, 0.15) is 5.01 Å². The molecule has 0 unspecified atom stereocenters. The summed E-state index contributed by atoms with van der Waals surface area (Å²) in [6.45, 7) is 2.12. The van der Waals surface area contributed by atoms with Crippen molar-refractivity contribution in [2.45, 2.75) is 13.3 Å². The third kappa shape index (κ3) is 3.27. The molecule has 0 bridgehead atoms. The lowest BCUT2D eigenvalue weighted by Crippen LogP contribution is -2.30. The van der Waals surface area contributed by atoms with Crippen LogP contribution in [0.25, 0.3) is 0 Å². The molecule has 6 nitrogen and oxygen atoms in total. The van der Waals surface area contributed by atoms with Gasteiger partial charge in [0.05, 0.1) is 6.61 Å². The van der Waals surface area contributed by atoms with Gasteiger partial charge in [0.2, 0.25) is 5.13 Å². The summed E-state index contributed by atoms with van der Waals surface area (Å²) in [5.74, 6) is 0. The van der Waals surface area contributed by atoms with Crippen LogP contribution in [0.5, 0.6) is 0 Å². The molecule has 0 fully saturated rings. The van der Waals surface area contributed by atoms with Gasteiger partial charge in [0.15, 0.2) is 0 Å². The Labute approximate surface area is 85.4 Å². The molecule has 0 aromatic carbocycles. The Morgan fingerprint density at radius 3 is 2.93 bits per heavy atom. The van der Waals surface area contributed by atoms with Gasteiger partial charge in [-0.1, -0.05) is 18.3 Å². The van der Waals surface area contributed by atoms with Gasteiger partial charge in [0.25, 0.3) is 0 Å². The number of carbonyl (C=O) groups excluding carboxylic acids is 1. The van der Waals surface area contributed by atoms with E-state index in [0.29, 0.717) is 5.13 Å². The predicted molar refractivity (Wildman–Crippen MR) is 53.4 cm³/mol. The fraction of sp³-hybridized carbons (Fsp3) is 0.571. The summed E-state index contributed by atoms with van der Waals surface area (Å²) in [4.78, 5) is 11.1. The van der Waals surface area contributed by atoms with E-state index < -0.39 is 0 Å². The summed E-state index contributed by atoms with van der Waals surface area (Å²) >= 11 is 1.34. The summed E-state index contributed by atoms with van der Waals surface area (Å²) in [5, 5.41) is 22.4. The highest BCUT2D eigenvalue weighted by molar-refractivity contribution is 7.15. The molecule has 0 aliphatic carbocycles. The van der Waals surface area contributed by atoms with Crippen molar-refractivity contribution in [2.75, 3.05) is 18.5 Å². The van der Waals surface area contributed by atoms with E-state index in [1.807, 2.05) is 6.92 Å². The van der Waals surface area contributed by atoms with Gasteiger partial charge in [0, 0.05) is 6.54 Å². The van der Waals surface area contributed by atoms with Gasteiger partial charge >= 0.3 is 6.03 Å². The van der Waals surface area contributed by atoms with Crippen molar-refractivity contribution in [3.05, 3.63) is 5.01 Å². The zero-order valence-corrected chi connectivity index (χ0v) is 8.60. The monoisotopic (exact) mass is 216 g/mol. The molecule has 1 heterocycles. The standard InChI is InChI=1S/C7H12N4O2S/c1-2-5-10-11-7(14-5)9-6(13)8-3-4-12/h12H,2-4H2,1H3,(H2,8,9,11,13). The molecule has 3 N–H and O–H groups in total. The molecule has 1 aromatic rings. The van der Waals surface area contributed by atoms with Crippen LogP contribution in [0.3, 0.4) is 0 Å². The highest BCUT2D eigenvalue weighted by Crippen LogP contribution is 2.14. The van der Waals surface area contributed by atoms with Crippen LogP contribution >= 0.6 is 11.3 Å². The molecule has 14 heavy (non-hydrogen) atoms. The number of aliphatic hydroxyl groups excluding tert-OH is 1. The molecule has 1 aromatic heterocycles. The number of nitrogens with one attached hydrogen (secondary N) is 2. The maximum Gasteiger partial charge on any atom is 0.321 e. The molecular weight excluding hydrogens is 204 g/mol. The van der Waals surface area contributed by atoms with E-state index in [-0.39, 0.29) is 19.2 Å². The van der Waals surface area contributed by atoms with Gasteiger partial charge in [-0.15, -0.1) is 10.2 Å². The van der Waals surface area contributed by atoms with E-state index in [1.54, 1.807) is 0 Å². The highest BCUT2D eigenvalue weighted by atomic mass is 32.1. The lowest BCUT2D eigenvalue weighted by Gasteiger charge is -2.01. The Kier molecular flexibility index (Phi) is 4.27. The average Bonchev–Trinajstić information content (AvgIpc) is 2.62. The minimum absolute atomic E-state index is 0.0796.